The third-order valence-electron chi connectivity index (χ3n) is 3.50. The average molecular weight is 336 g/mol. The molecule has 1 aliphatic rings. The van der Waals surface area contributed by atoms with Crippen LogP contribution in [0.5, 0.6) is 0 Å². The normalized spacial score (nSPS) is 15.9. The second-order valence-electron chi connectivity index (χ2n) is 6.80. The largest absolute Gasteiger partial charge is 0.459 e. The second-order valence-corrected chi connectivity index (χ2v) is 6.80. The molecule has 2 N–H and O–H groups in total. The molecule has 0 unspecified atom stereocenters. The number of carbonyl (C=O) groups excluding carboxylic acids is 3. The van der Waals surface area contributed by atoms with Gasteiger partial charge in [-0.1, -0.05) is 0 Å². The van der Waals surface area contributed by atoms with Crippen LogP contribution in [0.25, 0.3) is 0 Å². The SMILES string of the molecule is CC(C)(C)NC(=O)NC(=O)CN1CCN(C(=O)c2ccco2)CC1. The molecule has 0 spiro atoms. The summed E-state index contributed by atoms with van der Waals surface area (Å²) in [6.45, 7) is 7.81. The molecule has 1 aromatic heterocycles. The number of hydrogen-bond donors (Lipinski definition) is 2. The molecule has 0 bridgehead atoms. The van der Waals surface area contributed by atoms with E-state index in [0.29, 0.717) is 31.9 Å². The van der Waals surface area contributed by atoms with Crippen molar-refractivity contribution in [3.8, 4) is 0 Å². The van der Waals surface area contributed by atoms with Crippen LogP contribution < -0.4 is 10.6 Å². The summed E-state index contributed by atoms with van der Waals surface area (Å²) in [4.78, 5) is 39.3. The average Bonchev–Trinajstić information content (AvgIpc) is 2.99. The Morgan fingerprint density at radius 1 is 1.17 bits per heavy atom. The fourth-order valence-corrected chi connectivity index (χ4v) is 2.41. The number of carbonyl (C=O) groups is 3. The van der Waals surface area contributed by atoms with Gasteiger partial charge in [-0.15, -0.1) is 0 Å². The fraction of sp³-hybridized carbons (Fsp3) is 0.562. The molecular weight excluding hydrogens is 312 g/mol. The highest BCUT2D eigenvalue weighted by Crippen LogP contribution is 2.09. The molecule has 0 saturated carbocycles. The van der Waals surface area contributed by atoms with Crippen LogP contribution in [0.15, 0.2) is 22.8 Å². The maximum Gasteiger partial charge on any atom is 0.321 e. The Morgan fingerprint density at radius 2 is 1.83 bits per heavy atom. The molecule has 132 valence electrons. The first-order valence-electron chi connectivity index (χ1n) is 7.92. The van der Waals surface area contributed by atoms with Crippen molar-refractivity contribution in [3.63, 3.8) is 0 Å². The number of imide groups is 1. The van der Waals surface area contributed by atoms with E-state index in [1.165, 1.54) is 6.26 Å². The molecule has 1 aromatic rings. The van der Waals surface area contributed by atoms with Gasteiger partial charge < -0.3 is 14.6 Å². The van der Waals surface area contributed by atoms with Crippen molar-refractivity contribution in [1.29, 1.82) is 0 Å². The standard InChI is InChI=1S/C16H24N4O4/c1-16(2,3)18-15(23)17-13(21)11-19-6-8-20(9-7-19)14(22)12-5-4-10-24-12/h4-5,10H,6-9,11H2,1-3H3,(H2,17,18,21,23). The minimum Gasteiger partial charge on any atom is -0.459 e. The van der Waals surface area contributed by atoms with Gasteiger partial charge in [0.25, 0.3) is 5.91 Å². The second kappa shape index (κ2) is 7.48. The third-order valence-corrected chi connectivity index (χ3v) is 3.50. The number of piperazine rings is 1. The molecule has 8 heteroatoms. The van der Waals surface area contributed by atoms with E-state index in [0.717, 1.165) is 0 Å². The predicted octanol–water partition coefficient (Wildman–Crippen LogP) is 0.662. The van der Waals surface area contributed by atoms with Gasteiger partial charge in [0.1, 0.15) is 0 Å². The van der Waals surface area contributed by atoms with E-state index >= 15 is 0 Å². The Kier molecular flexibility index (Phi) is 5.61. The van der Waals surface area contributed by atoms with Crippen LogP contribution in [-0.2, 0) is 4.79 Å². The molecule has 0 atom stereocenters. The summed E-state index contributed by atoms with van der Waals surface area (Å²) >= 11 is 0. The molecule has 4 amide bonds. The highest BCUT2D eigenvalue weighted by Gasteiger charge is 2.25. The van der Waals surface area contributed by atoms with E-state index in [9.17, 15) is 14.4 Å². The van der Waals surface area contributed by atoms with Gasteiger partial charge in [0, 0.05) is 31.7 Å². The van der Waals surface area contributed by atoms with E-state index in [4.69, 9.17) is 4.42 Å². The Hall–Kier alpha value is -2.35. The summed E-state index contributed by atoms with van der Waals surface area (Å²) in [6.07, 6.45) is 1.47. The zero-order chi connectivity index (χ0) is 17.7. The summed E-state index contributed by atoms with van der Waals surface area (Å²) < 4.78 is 5.11. The zero-order valence-electron chi connectivity index (χ0n) is 14.3. The minimum atomic E-state index is -0.501. The first-order valence-corrected chi connectivity index (χ1v) is 7.92. The van der Waals surface area contributed by atoms with Crippen LogP contribution in [0.3, 0.4) is 0 Å². The molecule has 1 fully saturated rings. The van der Waals surface area contributed by atoms with E-state index in [2.05, 4.69) is 10.6 Å². The van der Waals surface area contributed by atoms with Crippen molar-refractivity contribution in [2.24, 2.45) is 0 Å². The maximum atomic E-state index is 12.1. The fourth-order valence-electron chi connectivity index (χ4n) is 2.41. The molecule has 0 aromatic carbocycles. The van der Waals surface area contributed by atoms with Crippen LogP contribution in [0.1, 0.15) is 31.3 Å². The summed E-state index contributed by atoms with van der Waals surface area (Å²) in [7, 11) is 0. The minimum absolute atomic E-state index is 0.125. The summed E-state index contributed by atoms with van der Waals surface area (Å²) in [5, 5.41) is 4.99. The van der Waals surface area contributed by atoms with Gasteiger partial charge in [-0.3, -0.25) is 19.8 Å². The van der Waals surface area contributed by atoms with E-state index in [-0.39, 0.29) is 18.4 Å². The van der Waals surface area contributed by atoms with E-state index in [1.54, 1.807) is 17.0 Å². The molecule has 1 aliphatic heterocycles. The lowest BCUT2D eigenvalue weighted by molar-refractivity contribution is -0.121. The van der Waals surface area contributed by atoms with Gasteiger partial charge in [0.2, 0.25) is 5.91 Å². The zero-order valence-corrected chi connectivity index (χ0v) is 14.3. The lowest BCUT2D eigenvalue weighted by Crippen LogP contribution is -2.53. The van der Waals surface area contributed by atoms with Crippen LogP contribution in [-0.4, -0.2) is 65.9 Å². The highest BCUT2D eigenvalue weighted by molar-refractivity contribution is 5.95. The van der Waals surface area contributed by atoms with Crippen LogP contribution in [0, 0.1) is 0 Å². The third kappa shape index (κ3) is 5.38. The number of hydrogen-bond acceptors (Lipinski definition) is 5. The van der Waals surface area contributed by atoms with Gasteiger partial charge in [0.05, 0.1) is 12.8 Å². The lowest BCUT2D eigenvalue weighted by atomic mass is 10.1. The number of nitrogens with zero attached hydrogens (tertiary/aromatic N) is 2. The van der Waals surface area contributed by atoms with Crippen molar-refractivity contribution in [2.45, 2.75) is 26.3 Å². The lowest BCUT2D eigenvalue weighted by Gasteiger charge is -2.33. The van der Waals surface area contributed by atoms with Crippen molar-refractivity contribution in [2.75, 3.05) is 32.7 Å². The summed E-state index contributed by atoms with van der Waals surface area (Å²) in [5.41, 5.74) is -0.401. The topological polar surface area (TPSA) is 94.9 Å². The molecule has 0 aliphatic carbocycles. The first-order chi connectivity index (χ1) is 11.2. The molecule has 1 saturated heterocycles. The molecule has 24 heavy (non-hydrogen) atoms. The van der Waals surface area contributed by atoms with E-state index in [1.807, 2.05) is 25.7 Å². The molecule has 2 heterocycles. The Morgan fingerprint density at radius 3 is 2.38 bits per heavy atom. The van der Waals surface area contributed by atoms with Crippen molar-refractivity contribution in [3.05, 3.63) is 24.2 Å². The highest BCUT2D eigenvalue weighted by atomic mass is 16.3. The van der Waals surface area contributed by atoms with Crippen molar-refractivity contribution < 1.29 is 18.8 Å². The van der Waals surface area contributed by atoms with Gasteiger partial charge in [-0.05, 0) is 32.9 Å². The predicted molar refractivity (Wildman–Crippen MR) is 87.5 cm³/mol. The van der Waals surface area contributed by atoms with Crippen LogP contribution in [0.4, 0.5) is 4.79 Å². The molecule has 8 nitrogen and oxygen atoms in total. The Balaban J connectivity index is 1.74. The Bertz CT molecular complexity index is 584. The molecular formula is C16H24N4O4. The van der Waals surface area contributed by atoms with Crippen molar-refractivity contribution >= 4 is 17.8 Å². The van der Waals surface area contributed by atoms with Gasteiger partial charge >= 0.3 is 6.03 Å². The maximum absolute atomic E-state index is 12.1. The first kappa shape index (κ1) is 18.0. The van der Waals surface area contributed by atoms with E-state index < -0.39 is 11.6 Å². The van der Waals surface area contributed by atoms with Crippen LogP contribution >= 0.6 is 0 Å². The number of amides is 4. The summed E-state index contributed by atoms with van der Waals surface area (Å²) in [6, 6.07) is 2.81. The van der Waals surface area contributed by atoms with Crippen LogP contribution in [0.2, 0.25) is 0 Å². The molecule has 2 rings (SSSR count). The van der Waals surface area contributed by atoms with Gasteiger partial charge in [0.15, 0.2) is 5.76 Å². The number of rotatable bonds is 3. The quantitative estimate of drug-likeness (QED) is 0.846. The summed E-state index contributed by atoms with van der Waals surface area (Å²) in [5.74, 6) is -0.184. The Labute approximate surface area is 141 Å². The smallest absolute Gasteiger partial charge is 0.321 e. The van der Waals surface area contributed by atoms with Gasteiger partial charge in [-0.25, -0.2) is 4.79 Å². The molecule has 0 radical (unpaired) electrons. The van der Waals surface area contributed by atoms with Gasteiger partial charge in [-0.2, -0.15) is 0 Å². The number of urea groups is 1. The number of nitrogens with one attached hydrogen (secondary N) is 2. The monoisotopic (exact) mass is 336 g/mol. The van der Waals surface area contributed by atoms with Crippen molar-refractivity contribution in [1.82, 2.24) is 20.4 Å². The number of furan rings is 1.